The van der Waals surface area contributed by atoms with Crippen molar-refractivity contribution in [2.45, 2.75) is 71.8 Å². The summed E-state index contributed by atoms with van der Waals surface area (Å²) in [6.45, 7) is 8.56. The van der Waals surface area contributed by atoms with Gasteiger partial charge in [0, 0.05) is 5.54 Å². The van der Waals surface area contributed by atoms with Crippen LogP contribution in [-0.2, 0) is 0 Å². The topological polar surface area (TPSA) is 26.0 Å². The Kier molecular flexibility index (Phi) is 6.40. The third-order valence-electron chi connectivity index (χ3n) is 2.89. The molecule has 0 aromatic heterocycles. The van der Waals surface area contributed by atoms with Crippen LogP contribution in [-0.4, -0.2) is 5.54 Å². The van der Waals surface area contributed by atoms with E-state index in [0.29, 0.717) is 0 Å². The minimum Gasteiger partial charge on any atom is -0.325 e. The summed E-state index contributed by atoms with van der Waals surface area (Å²) in [6.07, 6.45) is 7.86. The number of hydrogen-bond donors (Lipinski definition) is 1. The summed E-state index contributed by atoms with van der Waals surface area (Å²) in [5.74, 6) is 0.936. The average molecular weight is 185 g/mol. The van der Waals surface area contributed by atoms with Gasteiger partial charge in [-0.2, -0.15) is 0 Å². The number of hydrogen-bond acceptors (Lipinski definition) is 1. The maximum Gasteiger partial charge on any atom is 0.0125 e. The van der Waals surface area contributed by atoms with Gasteiger partial charge in [0.25, 0.3) is 0 Å². The highest BCUT2D eigenvalue weighted by Crippen LogP contribution is 2.26. The molecule has 1 saturated carbocycles. The van der Waals surface area contributed by atoms with E-state index in [2.05, 4.69) is 13.8 Å². The standard InChI is InChI=1S/C10H21N.C2H6/c1-9-5-3-7-10(2,11)8-4-6-9;1-2/h9H,3-8,11H2,1-2H3;1-2H3. The van der Waals surface area contributed by atoms with Crippen LogP contribution in [0.15, 0.2) is 0 Å². The molecule has 1 fully saturated rings. The van der Waals surface area contributed by atoms with Crippen molar-refractivity contribution in [2.24, 2.45) is 11.7 Å². The van der Waals surface area contributed by atoms with Crippen molar-refractivity contribution in [3.05, 3.63) is 0 Å². The molecule has 13 heavy (non-hydrogen) atoms. The summed E-state index contributed by atoms with van der Waals surface area (Å²) in [7, 11) is 0. The van der Waals surface area contributed by atoms with Crippen LogP contribution in [0.5, 0.6) is 0 Å². The van der Waals surface area contributed by atoms with Crippen molar-refractivity contribution >= 4 is 0 Å². The minimum absolute atomic E-state index is 0.139. The third-order valence-corrected chi connectivity index (χ3v) is 2.89. The Bertz CT molecular complexity index is 106. The molecule has 1 aliphatic rings. The first-order chi connectivity index (χ1) is 6.10. The largest absolute Gasteiger partial charge is 0.325 e. The average Bonchev–Trinajstić information content (AvgIpc) is 2.05. The molecule has 1 heteroatoms. The zero-order valence-electron chi connectivity index (χ0n) is 9.90. The van der Waals surface area contributed by atoms with Crippen molar-refractivity contribution < 1.29 is 0 Å². The molecule has 80 valence electrons. The minimum atomic E-state index is 0.139. The SMILES string of the molecule is CC.CC1CCCC(C)(N)CCC1. The molecular weight excluding hydrogens is 158 g/mol. The fourth-order valence-corrected chi connectivity index (χ4v) is 1.98. The lowest BCUT2D eigenvalue weighted by Crippen LogP contribution is -2.36. The summed E-state index contributed by atoms with van der Waals surface area (Å²) in [5.41, 5.74) is 6.23. The van der Waals surface area contributed by atoms with Crippen LogP contribution in [0.25, 0.3) is 0 Å². The Morgan fingerprint density at radius 2 is 1.46 bits per heavy atom. The molecule has 0 bridgehead atoms. The second-order valence-corrected chi connectivity index (χ2v) is 4.54. The zero-order valence-corrected chi connectivity index (χ0v) is 9.90. The summed E-state index contributed by atoms with van der Waals surface area (Å²) < 4.78 is 0. The van der Waals surface area contributed by atoms with Gasteiger partial charge < -0.3 is 5.73 Å². The van der Waals surface area contributed by atoms with E-state index in [9.17, 15) is 0 Å². The van der Waals surface area contributed by atoms with Crippen molar-refractivity contribution in [1.82, 2.24) is 0 Å². The van der Waals surface area contributed by atoms with Gasteiger partial charge in [-0.05, 0) is 25.7 Å². The van der Waals surface area contributed by atoms with Crippen LogP contribution in [0.2, 0.25) is 0 Å². The van der Waals surface area contributed by atoms with Crippen LogP contribution < -0.4 is 5.73 Å². The van der Waals surface area contributed by atoms with Gasteiger partial charge in [-0.1, -0.05) is 46.5 Å². The molecular formula is C12H27N. The molecule has 1 nitrogen and oxygen atoms in total. The summed E-state index contributed by atoms with van der Waals surface area (Å²) in [4.78, 5) is 0. The summed E-state index contributed by atoms with van der Waals surface area (Å²) >= 11 is 0. The van der Waals surface area contributed by atoms with E-state index in [-0.39, 0.29) is 5.54 Å². The Labute approximate surface area is 84.1 Å². The highest BCUT2D eigenvalue weighted by Gasteiger charge is 2.20. The highest BCUT2D eigenvalue weighted by atomic mass is 14.7. The Morgan fingerprint density at radius 1 is 1.08 bits per heavy atom. The van der Waals surface area contributed by atoms with Crippen LogP contribution in [0.1, 0.15) is 66.2 Å². The molecule has 0 heterocycles. The number of nitrogens with two attached hydrogens (primary N) is 1. The first-order valence-electron chi connectivity index (χ1n) is 5.89. The molecule has 1 rings (SSSR count). The molecule has 0 unspecified atom stereocenters. The predicted molar refractivity (Wildman–Crippen MR) is 60.8 cm³/mol. The van der Waals surface area contributed by atoms with E-state index in [1.54, 1.807) is 0 Å². The van der Waals surface area contributed by atoms with Crippen LogP contribution in [0.3, 0.4) is 0 Å². The maximum atomic E-state index is 6.09. The van der Waals surface area contributed by atoms with E-state index >= 15 is 0 Å². The highest BCUT2D eigenvalue weighted by molar-refractivity contribution is 4.80. The van der Waals surface area contributed by atoms with Gasteiger partial charge >= 0.3 is 0 Å². The van der Waals surface area contributed by atoms with E-state index in [1.165, 1.54) is 38.5 Å². The van der Waals surface area contributed by atoms with Gasteiger partial charge in [0.15, 0.2) is 0 Å². The molecule has 0 radical (unpaired) electrons. The second kappa shape index (κ2) is 6.42. The smallest absolute Gasteiger partial charge is 0.0125 e. The second-order valence-electron chi connectivity index (χ2n) is 4.54. The lowest BCUT2D eigenvalue weighted by atomic mass is 9.83. The van der Waals surface area contributed by atoms with Crippen molar-refractivity contribution in [1.29, 1.82) is 0 Å². The quantitative estimate of drug-likeness (QED) is 0.611. The molecule has 0 aromatic rings. The van der Waals surface area contributed by atoms with Crippen LogP contribution in [0, 0.1) is 5.92 Å². The number of rotatable bonds is 0. The van der Waals surface area contributed by atoms with Gasteiger partial charge in [-0.3, -0.25) is 0 Å². The fourth-order valence-electron chi connectivity index (χ4n) is 1.98. The van der Waals surface area contributed by atoms with Gasteiger partial charge in [0.2, 0.25) is 0 Å². The lowest BCUT2D eigenvalue weighted by molar-refractivity contribution is 0.305. The molecule has 0 amide bonds. The lowest BCUT2D eigenvalue weighted by Gasteiger charge is -2.28. The Hall–Kier alpha value is -0.0400. The van der Waals surface area contributed by atoms with E-state index in [0.717, 1.165) is 5.92 Å². The third kappa shape index (κ3) is 6.09. The van der Waals surface area contributed by atoms with Crippen LogP contribution >= 0.6 is 0 Å². The van der Waals surface area contributed by atoms with Gasteiger partial charge in [-0.15, -0.1) is 0 Å². The summed E-state index contributed by atoms with van der Waals surface area (Å²) in [5, 5.41) is 0. The molecule has 2 N–H and O–H groups in total. The first-order valence-corrected chi connectivity index (χ1v) is 5.89. The predicted octanol–water partition coefficient (Wildman–Crippen LogP) is 3.72. The van der Waals surface area contributed by atoms with E-state index in [4.69, 9.17) is 5.73 Å². The van der Waals surface area contributed by atoms with Crippen LogP contribution in [0.4, 0.5) is 0 Å². The normalized spacial score (nSPS) is 35.3. The monoisotopic (exact) mass is 185 g/mol. The molecule has 0 aromatic carbocycles. The first kappa shape index (κ1) is 13.0. The van der Waals surface area contributed by atoms with Gasteiger partial charge in [0.05, 0.1) is 0 Å². The van der Waals surface area contributed by atoms with Gasteiger partial charge in [0.1, 0.15) is 0 Å². The van der Waals surface area contributed by atoms with Gasteiger partial charge in [-0.25, -0.2) is 0 Å². The molecule has 1 aliphatic carbocycles. The summed E-state index contributed by atoms with van der Waals surface area (Å²) in [6, 6.07) is 0. The molecule has 0 spiro atoms. The van der Waals surface area contributed by atoms with Crippen molar-refractivity contribution in [2.75, 3.05) is 0 Å². The fraction of sp³-hybridized carbons (Fsp3) is 1.00. The maximum absolute atomic E-state index is 6.09. The van der Waals surface area contributed by atoms with Crippen molar-refractivity contribution in [3.63, 3.8) is 0 Å². The molecule has 0 atom stereocenters. The molecule has 0 aliphatic heterocycles. The molecule has 0 saturated heterocycles. The Balaban J connectivity index is 0.000000671. The van der Waals surface area contributed by atoms with Crippen molar-refractivity contribution in [3.8, 4) is 0 Å². The van der Waals surface area contributed by atoms with E-state index in [1.807, 2.05) is 13.8 Å². The Morgan fingerprint density at radius 3 is 1.85 bits per heavy atom. The zero-order chi connectivity index (χ0) is 10.3. The van der Waals surface area contributed by atoms with E-state index < -0.39 is 0 Å².